The van der Waals surface area contributed by atoms with E-state index in [1.165, 1.54) is 9.78 Å². The van der Waals surface area contributed by atoms with Gasteiger partial charge in [0, 0.05) is 37.5 Å². The van der Waals surface area contributed by atoms with Crippen molar-refractivity contribution in [1.82, 2.24) is 15.5 Å². The number of amides is 1. The number of likely N-dealkylation sites (N-methyl/N-ethyl adjacent to an activating group) is 1. The topological polar surface area (TPSA) is 56.7 Å². The summed E-state index contributed by atoms with van der Waals surface area (Å²) in [6.07, 6.45) is 0. The van der Waals surface area contributed by atoms with E-state index in [0.29, 0.717) is 12.5 Å². The molecule has 0 bridgehead atoms. The average molecular weight is 464 g/mol. The van der Waals surface area contributed by atoms with E-state index in [1.807, 2.05) is 6.92 Å². The normalized spacial score (nSPS) is 11.5. The van der Waals surface area contributed by atoms with E-state index in [2.05, 4.69) is 53.6 Å². The minimum atomic E-state index is -0.0288. The van der Waals surface area contributed by atoms with Gasteiger partial charge in [-0.05, 0) is 18.4 Å². The first-order valence-electron chi connectivity index (χ1n) is 7.63. The third kappa shape index (κ3) is 8.14. The summed E-state index contributed by atoms with van der Waals surface area (Å²) < 4.78 is 0. The molecule has 1 rings (SSSR count). The van der Waals surface area contributed by atoms with Gasteiger partial charge in [-0.1, -0.05) is 32.1 Å². The van der Waals surface area contributed by atoms with Crippen molar-refractivity contribution in [3.8, 4) is 0 Å². The molecule has 0 aliphatic rings. The number of guanidine groups is 1. The van der Waals surface area contributed by atoms with Gasteiger partial charge in [-0.25, -0.2) is 4.99 Å². The molecule has 5 nitrogen and oxygen atoms in total. The number of thiophene rings is 1. The van der Waals surface area contributed by atoms with Crippen LogP contribution in [0, 0.1) is 0 Å². The molecule has 1 aromatic heterocycles. The molecule has 1 aromatic rings. The smallest absolute Gasteiger partial charge is 0.243 e. The SMILES string of the molecule is C=C(C)CNC(=NCC(=O)N(C)C)NCC(C)(C)c1cccs1.I. The lowest BCUT2D eigenvalue weighted by Gasteiger charge is -2.25. The predicted octanol–water partition coefficient (Wildman–Crippen LogP) is 2.84. The van der Waals surface area contributed by atoms with Crippen LogP contribution in [-0.2, 0) is 10.2 Å². The van der Waals surface area contributed by atoms with Crippen molar-refractivity contribution in [3.05, 3.63) is 34.5 Å². The molecule has 0 saturated carbocycles. The fourth-order valence-corrected chi connectivity index (χ4v) is 2.60. The van der Waals surface area contributed by atoms with Gasteiger partial charge in [0.1, 0.15) is 6.54 Å². The zero-order valence-corrected chi connectivity index (χ0v) is 18.3. The summed E-state index contributed by atoms with van der Waals surface area (Å²) in [6, 6.07) is 4.20. The van der Waals surface area contributed by atoms with Gasteiger partial charge in [-0.2, -0.15) is 0 Å². The number of carbonyl (C=O) groups is 1. The fourth-order valence-electron chi connectivity index (χ4n) is 1.75. The van der Waals surface area contributed by atoms with E-state index < -0.39 is 0 Å². The molecule has 24 heavy (non-hydrogen) atoms. The Hall–Kier alpha value is -1.09. The molecule has 0 atom stereocenters. The number of nitrogens with one attached hydrogen (secondary N) is 2. The summed E-state index contributed by atoms with van der Waals surface area (Å²) >= 11 is 1.75. The Labute approximate surface area is 166 Å². The number of carbonyl (C=O) groups excluding carboxylic acids is 1. The Bertz CT molecular complexity index is 553. The minimum absolute atomic E-state index is 0. The highest BCUT2D eigenvalue weighted by atomic mass is 127. The number of rotatable bonds is 7. The van der Waals surface area contributed by atoms with E-state index >= 15 is 0 Å². The van der Waals surface area contributed by atoms with Gasteiger partial charge in [0.15, 0.2) is 5.96 Å². The van der Waals surface area contributed by atoms with Crippen LogP contribution in [0.5, 0.6) is 0 Å². The third-order valence-electron chi connectivity index (χ3n) is 3.31. The number of hydrogen-bond donors (Lipinski definition) is 2. The first-order chi connectivity index (χ1) is 10.7. The highest BCUT2D eigenvalue weighted by Crippen LogP contribution is 2.26. The number of halogens is 1. The monoisotopic (exact) mass is 464 g/mol. The Morgan fingerprint density at radius 1 is 1.38 bits per heavy atom. The summed E-state index contributed by atoms with van der Waals surface area (Å²) in [7, 11) is 3.46. The number of aliphatic imine (C=N–C) groups is 1. The molecule has 7 heteroatoms. The quantitative estimate of drug-likeness (QED) is 0.283. The second kappa shape index (κ2) is 10.7. The molecule has 1 heterocycles. The maximum atomic E-state index is 11.7. The molecule has 0 spiro atoms. The molecule has 0 fully saturated rings. The van der Waals surface area contributed by atoms with E-state index in [4.69, 9.17) is 0 Å². The predicted molar refractivity (Wildman–Crippen MR) is 115 cm³/mol. The summed E-state index contributed by atoms with van der Waals surface area (Å²) in [6.45, 7) is 11.7. The molecule has 0 radical (unpaired) electrons. The second-order valence-corrected chi connectivity index (χ2v) is 7.43. The van der Waals surface area contributed by atoms with E-state index in [1.54, 1.807) is 25.4 Å². The minimum Gasteiger partial charge on any atom is -0.355 e. The van der Waals surface area contributed by atoms with Gasteiger partial charge in [0.05, 0.1) is 0 Å². The van der Waals surface area contributed by atoms with Gasteiger partial charge in [-0.15, -0.1) is 35.3 Å². The fraction of sp³-hybridized carbons (Fsp3) is 0.529. The largest absolute Gasteiger partial charge is 0.355 e. The standard InChI is InChI=1S/C17H28N4OS.HI/c1-13(2)10-18-16(19-11-15(22)21(5)6)20-12-17(3,4)14-8-7-9-23-14;/h7-9H,1,10-12H2,2-6H3,(H2,18,19,20);1H. The van der Waals surface area contributed by atoms with Gasteiger partial charge in [0.25, 0.3) is 0 Å². The molecule has 0 aliphatic heterocycles. The molecule has 2 N–H and O–H groups in total. The highest BCUT2D eigenvalue weighted by molar-refractivity contribution is 14.0. The van der Waals surface area contributed by atoms with Crippen LogP contribution in [0.25, 0.3) is 0 Å². The Morgan fingerprint density at radius 3 is 2.54 bits per heavy atom. The van der Waals surface area contributed by atoms with E-state index in [-0.39, 0.29) is 41.8 Å². The zero-order chi connectivity index (χ0) is 17.5. The van der Waals surface area contributed by atoms with Crippen molar-refractivity contribution in [2.75, 3.05) is 33.7 Å². The first-order valence-corrected chi connectivity index (χ1v) is 8.51. The molecule has 0 saturated heterocycles. The van der Waals surface area contributed by atoms with Crippen LogP contribution in [0.2, 0.25) is 0 Å². The molecule has 0 aliphatic carbocycles. The maximum absolute atomic E-state index is 11.7. The Kier molecular flexibility index (Phi) is 10.2. The highest BCUT2D eigenvalue weighted by Gasteiger charge is 2.22. The second-order valence-electron chi connectivity index (χ2n) is 6.48. The van der Waals surface area contributed by atoms with Crippen LogP contribution in [0.1, 0.15) is 25.6 Å². The number of hydrogen-bond acceptors (Lipinski definition) is 3. The molecular weight excluding hydrogens is 435 g/mol. The van der Waals surface area contributed by atoms with Crippen molar-refractivity contribution in [2.24, 2.45) is 4.99 Å². The van der Waals surface area contributed by atoms with E-state index in [9.17, 15) is 4.79 Å². The van der Waals surface area contributed by atoms with Crippen molar-refractivity contribution in [2.45, 2.75) is 26.2 Å². The zero-order valence-electron chi connectivity index (χ0n) is 15.2. The van der Waals surface area contributed by atoms with Crippen LogP contribution in [0.15, 0.2) is 34.7 Å². The van der Waals surface area contributed by atoms with Crippen molar-refractivity contribution >= 4 is 47.2 Å². The van der Waals surface area contributed by atoms with Gasteiger partial charge >= 0.3 is 0 Å². The van der Waals surface area contributed by atoms with Gasteiger partial charge in [0.2, 0.25) is 5.91 Å². The first kappa shape index (κ1) is 22.9. The lowest BCUT2D eigenvalue weighted by Crippen LogP contribution is -2.44. The van der Waals surface area contributed by atoms with Crippen LogP contribution < -0.4 is 10.6 Å². The Balaban J connectivity index is 0.00000529. The van der Waals surface area contributed by atoms with Crippen molar-refractivity contribution in [3.63, 3.8) is 0 Å². The van der Waals surface area contributed by atoms with Gasteiger partial charge < -0.3 is 15.5 Å². The Morgan fingerprint density at radius 2 is 2.04 bits per heavy atom. The van der Waals surface area contributed by atoms with Crippen LogP contribution in [0.4, 0.5) is 0 Å². The summed E-state index contributed by atoms with van der Waals surface area (Å²) in [4.78, 5) is 18.9. The molecule has 1 amide bonds. The van der Waals surface area contributed by atoms with Crippen LogP contribution in [0.3, 0.4) is 0 Å². The van der Waals surface area contributed by atoms with Crippen LogP contribution >= 0.6 is 35.3 Å². The third-order valence-corrected chi connectivity index (χ3v) is 4.55. The molecule has 0 aromatic carbocycles. The van der Waals surface area contributed by atoms with Crippen molar-refractivity contribution in [1.29, 1.82) is 0 Å². The number of nitrogens with zero attached hydrogens (tertiary/aromatic N) is 2. The summed E-state index contributed by atoms with van der Waals surface area (Å²) in [5.41, 5.74) is 1.00. The van der Waals surface area contributed by atoms with E-state index in [0.717, 1.165) is 12.1 Å². The van der Waals surface area contributed by atoms with Crippen molar-refractivity contribution < 1.29 is 4.79 Å². The van der Waals surface area contributed by atoms with Gasteiger partial charge in [-0.3, -0.25) is 4.79 Å². The molecule has 0 unspecified atom stereocenters. The van der Waals surface area contributed by atoms with Crippen LogP contribution in [-0.4, -0.2) is 50.5 Å². The molecular formula is C17H29IN4OS. The lowest BCUT2D eigenvalue weighted by molar-refractivity contribution is -0.127. The lowest BCUT2D eigenvalue weighted by atomic mass is 9.91. The average Bonchev–Trinajstić information content (AvgIpc) is 3.00. The molecule has 136 valence electrons. The maximum Gasteiger partial charge on any atom is 0.243 e. The summed E-state index contributed by atoms with van der Waals surface area (Å²) in [5.74, 6) is 0.603. The summed E-state index contributed by atoms with van der Waals surface area (Å²) in [5, 5.41) is 8.62.